The Bertz CT molecular complexity index is 137. The fraction of sp³-hybridized carbons (Fsp3) is 1.00. The van der Waals surface area contributed by atoms with Gasteiger partial charge in [-0.2, -0.15) is 0 Å². The highest BCUT2D eigenvalue weighted by atomic mass is 16.5. The van der Waals surface area contributed by atoms with Crippen molar-refractivity contribution in [3.8, 4) is 0 Å². The fourth-order valence-electron chi connectivity index (χ4n) is 2.42. The Hall–Kier alpha value is -0.0800. The summed E-state index contributed by atoms with van der Waals surface area (Å²) in [5.74, 6) is 0.843. The topological polar surface area (TPSA) is 21.3 Å². The first-order chi connectivity index (χ1) is 7.36. The van der Waals surface area contributed by atoms with Crippen molar-refractivity contribution < 1.29 is 4.74 Å². The van der Waals surface area contributed by atoms with E-state index in [-0.39, 0.29) is 0 Å². The molecule has 0 heterocycles. The van der Waals surface area contributed by atoms with Crippen LogP contribution in [-0.4, -0.2) is 26.3 Å². The summed E-state index contributed by atoms with van der Waals surface area (Å²) in [5, 5.41) is 3.22. The van der Waals surface area contributed by atoms with Gasteiger partial charge in [-0.15, -0.1) is 0 Å². The first-order valence-corrected chi connectivity index (χ1v) is 6.63. The maximum atomic E-state index is 6.00. The van der Waals surface area contributed by atoms with Crippen LogP contribution in [0.25, 0.3) is 0 Å². The first kappa shape index (κ1) is 13.0. The number of hydrogen-bond donors (Lipinski definition) is 1. The average molecular weight is 213 g/mol. The van der Waals surface area contributed by atoms with Crippen LogP contribution in [0.1, 0.15) is 51.9 Å². The number of ether oxygens (including phenoxy) is 1. The molecule has 1 unspecified atom stereocenters. The molecule has 15 heavy (non-hydrogen) atoms. The van der Waals surface area contributed by atoms with E-state index >= 15 is 0 Å². The third-order valence-corrected chi connectivity index (χ3v) is 3.33. The maximum Gasteiger partial charge on any atom is 0.0699 e. The van der Waals surface area contributed by atoms with E-state index in [4.69, 9.17) is 4.74 Å². The van der Waals surface area contributed by atoms with Crippen LogP contribution in [-0.2, 0) is 4.74 Å². The molecule has 1 aliphatic carbocycles. The number of hydrogen-bond acceptors (Lipinski definition) is 2. The molecule has 0 aromatic rings. The number of likely N-dealkylation sites (N-methyl/N-ethyl adjacent to an activating group) is 1. The molecule has 0 spiro atoms. The van der Waals surface area contributed by atoms with Crippen molar-refractivity contribution in [2.45, 2.75) is 58.0 Å². The molecule has 0 aromatic heterocycles. The SMILES string of the molecule is CCCC(CNC)OCC1CCCCC1. The molecular formula is C13H27NO. The van der Waals surface area contributed by atoms with Gasteiger partial charge in [0.1, 0.15) is 0 Å². The molecule has 1 fully saturated rings. The van der Waals surface area contributed by atoms with Crippen LogP contribution in [0.2, 0.25) is 0 Å². The lowest BCUT2D eigenvalue weighted by Crippen LogP contribution is -2.29. The average Bonchev–Trinajstić information content (AvgIpc) is 2.28. The minimum Gasteiger partial charge on any atom is -0.377 e. The van der Waals surface area contributed by atoms with Gasteiger partial charge in [-0.3, -0.25) is 0 Å². The lowest BCUT2D eigenvalue weighted by molar-refractivity contribution is 0.0172. The largest absolute Gasteiger partial charge is 0.377 e. The second-order valence-electron chi connectivity index (χ2n) is 4.81. The second kappa shape index (κ2) is 8.12. The summed E-state index contributed by atoms with van der Waals surface area (Å²) in [7, 11) is 2.01. The van der Waals surface area contributed by atoms with Gasteiger partial charge in [0, 0.05) is 13.2 Å². The maximum absolute atomic E-state index is 6.00. The first-order valence-electron chi connectivity index (χ1n) is 6.63. The molecule has 2 nitrogen and oxygen atoms in total. The minimum absolute atomic E-state index is 0.432. The highest BCUT2D eigenvalue weighted by molar-refractivity contribution is 4.67. The zero-order valence-electron chi connectivity index (χ0n) is 10.4. The van der Waals surface area contributed by atoms with Gasteiger partial charge in [0.2, 0.25) is 0 Å². The Morgan fingerprint density at radius 1 is 1.27 bits per heavy atom. The molecule has 0 radical (unpaired) electrons. The lowest BCUT2D eigenvalue weighted by Gasteiger charge is -2.24. The van der Waals surface area contributed by atoms with Gasteiger partial charge in [-0.25, -0.2) is 0 Å². The Kier molecular flexibility index (Phi) is 7.03. The van der Waals surface area contributed by atoms with Crippen molar-refractivity contribution in [1.82, 2.24) is 5.32 Å². The summed E-state index contributed by atoms with van der Waals surface area (Å²) in [6.45, 7) is 4.22. The summed E-state index contributed by atoms with van der Waals surface area (Å²) >= 11 is 0. The molecule has 1 aliphatic rings. The lowest BCUT2D eigenvalue weighted by atomic mass is 9.90. The van der Waals surface area contributed by atoms with E-state index in [1.54, 1.807) is 0 Å². The Balaban J connectivity index is 2.13. The monoisotopic (exact) mass is 213 g/mol. The van der Waals surface area contributed by atoms with E-state index in [9.17, 15) is 0 Å². The predicted molar refractivity (Wildman–Crippen MR) is 65.1 cm³/mol. The highest BCUT2D eigenvalue weighted by Gasteiger charge is 2.15. The van der Waals surface area contributed by atoms with Crippen LogP contribution in [0.5, 0.6) is 0 Å². The predicted octanol–water partition coefficient (Wildman–Crippen LogP) is 2.97. The van der Waals surface area contributed by atoms with E-state index in [0.29, 0.717) is 6.10 Å². The van der Waals surface area contributed by atoms with Crippen molar-refractivity contribution in [3.63, 3.8) is 0 Å². The Labute approximate surface area is 94.8 Å². The molecule has 1 saturated carbocycles. The van der Waals surface area contributed by atoms with Gasteiger partial charge in [0.15, 0.2) is 0 Å². The summed E-state index contributed by atoms with van der Waals surface area (Å²) < 4.78 is 6.00. The third kappa shape index (κ3) is 5.53. The van der Waals surface area contributed by atoms with Gasteiger partial charge in [-0.05, 0) is 32.2 Å². The second-order valence-corrected chi connectivity index (χ2v) is 4.81. The molecule has 0 aliphatic heterocycles. The molecule has 2 heteroatoms. The normalized spacial score (nSPS) is 20.4. The molecule has 1 atom stereocenters. The van der Waals surface area contributed by atoms with Gasteiger partial charge in [-0.1, -0.05) is 32.6 Å². The highest BCUT2D eigenvalue weighted by Crippen LogP contribution is 2.24. The van der Waals surface area contributed by atoms with E-state index in [1.807, 2.05) is 7.05 Å². The smallest absolute Gasteiger partial charge is 0.0699 e. The number of nitrogens with one attached hydrogen (secondary N) is 1. The Morgan fingerprint density at radius 3 is 2.60 bits per heavy atom. The molecule has 0 bridgehead atoms. The van der Waals surface area contributed by atoms with Gasteiger partial charge < -0.3 is 10.1 Å². The molecule has 0 amide bonds. The van der Waals surface area contributed by atoms with E-state index < -0.39 is 0 Å². The van der Waals surface area contributed by atoms with Crippen molar-refractivity contribution in [2.24, 2.45) is 5.92 Å². The van der Waals surface area contributed by atoms with Crippen LogP contribution in [0.3, 0.4) is 0 Å². The van der Waals surface area contributed by atoms with E-state index in [2.05, 4.69) is 12.2 Å². The van der Waals surface area contributed by atoms with Gasteiger partial charge in [0.25, 0.3) is 0 Å². The van der Waals surface area contributed by atoms with Crippen LogP contribution in [0.4, 0.5) is 0 Å². The molecular weight excluding hydrogens is 186 g/mol. The number of rotatable bonds is 7. The van der Waals surface area contributed by atoms with E-state index in [1.165, 1.54) is 44.9 Å². The van der Waals surface area contributed by atoms with Crippen LogP contribution in [0, 0.1) is 5.92 Å². The quantitative estimate of drug-likeness (QED) is 0.702. The molecule has 1 N–H and O–H groups in total. The summed E-state index contributed by atoms with van der Waals surface area (Å²) in [6, 6.07) is 0. The summed E-state index contributed by atoms with van der Waals surface area (Å²) in [5.41, 5.74) is 0. The zero-order valence-corrected chi connectivity index (χ0v) is 10.4. The van der Waals surface area contributed by atoms with Crippen LogP contribution < -0.4 is 5.32 Å². The molecule has 0 aromatic carbocycles. The fourth-order valence-corrected chi connectivity index (χ4v) is 2.42. The van der Waals surface area contributed by atoms with Crippen molar-refractivity contribution >= 4 is 0 Å². The summed E-state index contributed by atoms with van der Waals surface area (Å²) in [6.07, 6.45) is 9.88. The van der Waals surface area contributed by atoms with Crippen LogP contribution in [0.15, 0.2) is 0 Å². The molecule has 90 valence electrons. The Morgan fingerprint density at radius 2 is 2.00 bits per heavy atom. The molecule has 0 saturated heterocycles. The van der Waals surface area contributed by atoms with Crippen molar-refractivity contribution in [3.05, 3.63) is 0 Å². The van der Waals surface area contributed by atoms with Gasteiger partial charge >= 0.3 is 0 Å². The summed E-state index contributed by atoms with van der Waals surface area (Å²) in [4.78, 5) is 0. The van der Waals surface area contributed by atoms with Crippen LogP contribution >= 0.6 is 0 Å². The van der Waals surface area contributed by atoms with Gasteiger partial charge in [0.05, 0.1) is 6.10 Å². The van der Waals surface area contributed by atoms with Crippen molar-refractivity contribution in [1.29, 1.82) is 0 Å². The molecule has 1 rings (SSSR count). The van der Waals surface area contributed by atoms with E-state index in [0.717, 1.165) is 19.1 Å². The van der Waals surface area contributed by atoms with Crippen molar-refractivity contribution in [2.75, 3.05) is 20.2 Å². The third-order valence-electron chi connectivity index (χ3n) is 3.33. The standard InChI is InChI=1S/C13H27NO/c1-3-7-13(10-14-2)15-11-12-8-5-4-6-9-12/h12-14H,3-11H2,1-2H3. The zero-order chi connectivity index (χ0) is 10.9. The minimum atomic E-state index is 0.432.